The summed E-state index contributed by atoms with van der Waals surface area (Å²) in [5.41, 5.74) is 4.34. The highest BCUT2D eigenvalue weighted by Crippen LogP contribution is 2.32. The van der Waals surface area contributed by atoms with Crippen molar-refractivity contribution in [2.75, 3.05) is 0 Å². The van der Waals surface area contributed by atoms with Crippen molar-refractivity contribution in [2.24, 2.45) is 0 Å². The second-order valence-electron chi connectivity index (χ2n) is 4.82. The Morgan fingerprint density at radius 3 is 2.60 bits per heavy atom. The number of rotatable bonds is 2. The Hall–Kier alpha value is -1.32. The summed E-state index contributed by atoms with van der Waals surface area (Å²) in [4.78, 5) is 4.70. The van der Waals surface area contributed by atoms with Crippen LogP contribution in [0.3, 0.4) is 0 Å². The van der Waals surface area contributed by atoms with Crippen LogP contribution in [-0.2, 0) is 0 Å². The third-order valence-corrected chi connectivity index (χ3v) is 4.22. The summed E-state index contributed by atoms with van der Waals surface area (Å²) in [6, 6.07) is 14.3. The fourth-order valence-electron chi connectivity index (χ4n) is 2.46. The monoisotopic (exact) mass is 348 g/mol. The Kier molecular flexibility index (Phi) is 3.57. The lowest BCUT2D eigenvalue weighted by atomic mass is 10.2. The second kappa shape index (κ2) is 5.23. The van der Waals surface area contributed by atoms with Gasteiger partial charge in [-0.05, 0) is 53.5 Å². The van der Waals surface area contributed by atoms with E-state index >= 15 is 0 Å². The van der Waals surface area contributed by atoms with Crippen molar-refractivity contribution < 1.29 is 0 Å². The molecule has 2 aromatic carbocycles. The van der Waals surface area contributed by atoms with Gasteiger partial charge in [-0.3, -0.25) is 4.57 Å². The number of para-hydroxylation sites is 2. The minimum Gasteiger partial charge on any atom is -0.294 e. The molecule has 0 aliphatic heterocycles. The molecule has 3 rings (SSSR count). The zero-order valence-electron chi connectivity index (χ0n) is 11.3. The van der Waals surface area contributed by atoms with E-state index in [-0.39, 0.29) is 5.38 Å². The lowest BCUT2D eigenvalue weighted by molar-refractivity contribution is 0.879. The average molecular weight is 350 g/mol. The number of alkyl halides is 1. The molecule has 0 amide bonds. The van der Waals surface area contributed by atoms with E-state index in [0.717, 1.165) is 27.0 Å². The molecule has 4 heteroatoms. The standard InChI is InChI=1S/C16H14BrClN2/c1-10-6-5-8-13-15(10)20(16(19-13)11(2)18)14-9-4-3-7-12(14)17/h3-9,11H,1-2H3. The molecule has 3 aromatic rings. The van der Waals surface area contributed by atoms with Crippen molar-refractivity contribution in [2.45, 2.75) is 19.2 Å². The molecular formula is C16H14BrClN2. The summed E-state index contributed by atoms with van der Waals surface area (Å²) < 4.78 is 3.17. The van der Waals surface area contributed by atoms with Gasteiger partial charge in [-0.1, -0.05) is 24.3 Å². The molecule has 0 spiro atoms. The molecule has 0 aliphatic rings. The molecular weight excluding hydrogens is 336 g/mol. The van der Waals surface area contributed by atoms with Gasteiger partial charge in [0.15, 0.2) is 0 Å². The van der Waals surface area contributed by atoms with Crippen molar-refractivity contribution in [3.05, 3.63) is 58.3 Å². The maximum Gasteiger partial charge on any atom is 0.132 e. The van der Waals surface area contributed by atoms with Crippen LogP contribution in [0.5, 0.6) is 0 Å². The van der Waals surface area contributed by atoms with Crippen molar-refractivity contribution >= 4 is 38.6 Å². The predicted octanol–water partition coefficient (Wildman–Crippen LogP) is 5.40. The Bertz CT molecular complexity index is 777. The largest absolute Gasteiger partial charge is 0.294 e. The lowest BCUT2D eigenvalue weighted by Gasteiger charge is -2.13. The summed E-state index contributed by atoms with van der Waals surface area (Å²) in [6.07, 6.45) is 0. The van der Waals surface area contributed by atoms with Gasteiger partial charge in [0.2, 0.25) is 0 Å². The number of benzene rings is 2. The summed E-state index contributed by atoms with van der Waals surface area (Å²) in [5.74, 6) is 0.864. The van der Waals surface area contributed by atoms with Gasteiger partial charge in [-0.25, -0.2) is 4.98 Å². The zero-order valence-corrected chi connectivity index (χ0v) is 13.6. The van der Waals surface area contributed by atoms with Gasteiger partial charge in [0.05, 0.1) is 22.1 Å². The Morgan fingerprint density at radius 1 is 1.15 bits per heavy atom. The van der Waals surface area contributed by atoms with E-state index in [4.69, 9.17) is 16.6 Å². The van der Waals surface area contributed by atoms with Crippen LogP contribution in [0.4, 0.5) is 0 Å². The zero-order chi connectivity index (χ0) is 14.3. The highest BCUT2D eigenvalue weighted by molar-refractivity contribution is 9.10. The first-order valence-electron chi connectivity index (χ1n) is 6.46. The summed E-state index contributed by atoms with van der Waals surface area (Å²) >= 11 is 9.96. The number of fused-ring (bicyclic) bond motifs is 1. The molecule has 0 saturated carbocycles. The first-order chi connectivity index (χ1) is 9.59. The molecule has 0 bridgehead atoms. The fourth-order valence-corrected chi connectivity index (χ4v) is 3.06. The van der Waals surface area contributed by atoms with E-state index < -0.39 is 0 Å². The second-order valence-corrected chi connectivity index (χ2v) is 6.32. The molecule has 102 valence electrons. The maximum atomic E-state index is 6.34. The van der Waals surface area contributed by atoms with Crippen LogP contribution in [-0.4, -0.2) is 9.55 Å². The van der Waals surface area contributed by atoms with Gasteiger partial charge >= 0.3 is 0 Å². The van der Waals surface area contributed by atoms with E-state index in [9.17, 15) is 0 Å². The average Bonchev–Trinajstić information content (AvgIpc) is 2.80. The number of hydrogen-bond donors (Lipinski definition) is 0. The predicted molar refractivity (Wildman–Crippen MR) is 87.8 cm³/mol. The number of imidazole rings is 1. The fraction of sp³-hybridized carbons (Fsp3) is 0.188. The number of hydrogen-bond acceptors (Lipinski definition) is 1. The molecule has 0 saturated heterocycles. The molecule has 1 aromatic heterocycles. The van der Waals surface area contributed by atoms with Crippen LogP contribution in [0.1, 0.15) is 23.7 Å². The minimum absolute atomic E-state index is 0.158. The van der Waals surface area contributed by atoms with E-state index in [1.807, 2.05) is 37.3 Å². The molecule has 0 N–H and O–H groups in total. The van der Waals surface area contributed by atoms with E-state index in [0.29, 0.717) is 0 Å². The van der Waals surface area contributed by atoms with Gasteiger partial charge in [-0.2, -0.15) is 0 Å². The number of nitrogens with zero attached hydrogens (tertiary/aromatic N) is 2. The summed E-state index contributed by atoms with van der Waals surface area (Å²) in [6.45, 7) is 4.05. The van der Waals surface area contributed by atoms with Gasteiger partial charge in [0.25, 0.3) is 0 Å². The molecule has 2 nitrogen and oxygen atoms in total. The van der Waals surface area contributed by atoms with Crippen LogP contribution >= 0.6 is 27.5 Å². The smallest absolute Gasteiger partial charge is 0.132 e. The topological polar surface area (TPSA) is 17.8 Å². The summed E-state index contributed by atoms with van der Waals surface area (Å²) in [5, 5.41) is -0.158. The van der Waals surface area contributed by atoms with Gasteiger partial charge in [0, 0.05) is 4.47 Å². The molecule has 1 atom stereocenters. The maximum absolute atomic E-state index is 6.34. The van der Waals surface area contributed by atoms with Crippen molar-refractivity contribution in [1.29, 1.82) is 0 Å². The number of aryl methyl sites for hydroxylation is 1. The number of halogens is 2. The Labute approximate surface area is 131 Å². The number of aromatic nitrogens is 2. The first kappa shape index (κ1) is 13.7. The molecule has 1 heterocycles. The highest BCUT2D eigenvalue weighted by Gasteiger charge is 2.18. The van der Waals surface area contributed by atoms with E-state index in [1.165, 1.54) is 5.56 Å². The molecule has 1 unspecified atom stereocenters. The SMILES string of the molecule is Cc1cccc2nc(C(C)Cl)n(-c3ccccc3Br)c12. The first-order valence-corrected chi connectivity index (χ1v) is 7.69. The Morgan fingerprint density at radius 2 is 1.90 bits per heavy atom. The van der Waals surface area contributed by atoms with Gasteiger partial charge < -0.3 is 0 Å². The Balaban J connectivity index is 2.44. The normalized spacial score (nSPS) is 12.8. The van der Waals surface area contributed by atoms with Crippen molar-refractivity contribution in [3.8, 4) is 5.69 Å². The van der Waals surface area contributed by atoms with Crippen LogP contribution < -0.4 is 0 Å². The van der Waals surface area contributed by atoms with Crippen LogP contribution in [0.25, 0.3) is 16.7 Å². The quantitative estimate of drug-likeness (QED) is 0.567. The van der Waals surface area contributed by atoms with E-state index in [1.54, 1.807) is 0 Å². The third kappa shape index (κ3) is 2.15. The lowest BCUT2D eigenvalue weighted by Crippen LogP contribution is -2.03. The van der Waals surface area contributed by atoms with Crippen LogP contribution in [0.2, 0.25) is 0 Å². The van der Waals surface area contributed by atoms with Gasteiger partial charge in [0.1, 0.15) is 5.82 Å². The molecule has 0 radical (unpaired) electrons. The van der Waals surface area contributed by atoms with Gasteiger partial charge in [-0.15, -0.1) is 11.6 Å². The molecule has 0 fully saturated rings. The van der Waals surface area contributed by atoms with Crippen LogP contribution in [0, 0.1) is 6.92 Å². The minimum atomic E-state index is -0.158. The summed E-state index contributed by atoms with van der Waals surface area (Å²) in [7, 11) is 0. The third-order valence-electron chi connectivity index (χ3n) is 3.35. The van der Waals surface area contributed by atoms with Crippen molar-refractivity contribution in [3.63, 3.8) is 0 Å². The molecule has 20 heavy (non-hydrogen) atoms. The highest BCUT2D eigenvalue weighted by atomic mass is 79.9. The van der Waals surface area contributed by atoms with E-state index in [2.05, 4.69) is 39.6 Å². The molecule has 0 aliphatic carbocycles. The van der Waals surface area contributed by atoms with Crippen LogP contribution in [0.15, 0.2) is 46.9 Å². The van der Waals surface area contributed by atoms with Crippen molar-refractivity contribution in [1.82, 2.24) is 9.55 Å².